The number of hydrogen-bond donors (Lipinski definition) is 1. The minimum Gasteiger partial charge on any atom is -0.377 e. The molecule has 0 fully saturated rings. The second-order valence-electron chi connectivity index (χ2n) is 5.57. The van der Waals surface area contributed by atoms with Gasteiger partial charge in [0.15, 0.2) is 5.78 Å². The monoisotopic (exact) mass is 313 g/mol. The van der Waals surface area contributed by atoms with Crippen molar-refractivity contribution in [1.29, 1.82) is 0 Å². The summed E-state index contributed by atoms with van der Waals surface area (Å²) in [4.78, 5) is 12.3. The third kappa shape index (κ3) is 3.79. The Morgan fingerprint density at radius 1 is 0.875 bits per heavy atom. The number of carbonyl (C=O) groups excluding carboxylic acids is 1. The van der Waals surface area contributed by atoms with Crippen LogP contribution in [0.2, 0.25) is 0 Å². The first-order valence-corrected chi connectivity index (χ1v) is 7.91. The van der Waals surface area contributed by atoms with Gasteiger partial charge in [-0.25, -0.2) is 0 Å². The maximum absolute atomic E-state index is 12.3. The Kier molecular flexibility index (Phi) is 4.87. The average Bonchev–Trinajstić information content (AvgIpc) is 2.63. The summed E-state index contributed by atoms with van der Waals surface area (Å²) in [7, 11) is 0. The van der Waals surface area contributed by atoms with E-state index in [1.165, 1.54) is 0 Å². The van der Waals surface area contributed by atoms with Crippen LogP contribution in [0.3, 0.4) is 0 Å². The summed E-state index contributed by atoms with van der Waals surface area (Å²) in [5.41, 5.74) is 2.69. The molecule has 3 aromatic carbocycles. The molecular formula is C22H19NO. The van der Waals surface area contributed by atoms with Gasteiger partial charge in [0.05, 0.1) is 6.54 Å². The van der Waals surface area contributed by atoms with Crippen molar-refractivity contribution < 1.29 is 4.79 Å². The number of benzene rings is 3. The first kappa shape index (κ1) is 15.8. The van der Waals surface area contributed by atoms with Gasteiger partial charge >= 0.3 is 0 Å². The van der Waals surface area contributed by atoms with Gasteiger partial charge in [-0.1, -0.05) is 79.4 Å². The van der Waals surface area contributed by atoms with Crippen LogP contribution >= 0.6 is 0 Å². The topological polar surface area (TPSA) is 29.1 Å². The van der Waals surface area contributed by atoms with Crippen LogP contribution in [0, 0.1) is 0 Å². The highest BCUT2D eigenvalue weighted by atomic mass is 16.1. The minimum atomic E-state index is 0.0722. The summed E-state index contributed by atoms with van der Waals surface area (Å²) < 4.78 is 0. The molecule has 24 heavy (non-hydrogen) atoms. The van der Waals surface area contributed by atoms with E-state index in [1.807, 2.05) is 78.9 Å². The number of ketones is 1. The quantitative estimate of drug-likeness (QED) is 0.733. The fourth-order valence-corrected chi connectivity index (χ4v) is 2.53. The van der Waals surface area contributed by atoms with E-state index in [9.17, 15) is 4.79 Å². The molecule has 0 saturated heterocycles. The van der Waals surface area contributed by atoms with E-state index in [1.54, 1.807) is 0 Å². The summed E-state index contributed by atoms with van der Waals surface area (Å²) in [6.45, 7) is 4.32. The highest BCUT2D eigenvalue weighted by Gasteiger charge is 2.06. The zero-order valence-corrected chi connectivity index (χ0v) is 13.4. The van der Waals surface area contributed by atoms with E-state index in [0.717, 1.165) is 27.3 Å². The summed E-state index contributed by atoms with van der Waals surface area (Å²) in [6.07, 6.45) is 2.08. The third-order valence-electron chi connectivity index (χ3n) is 3.86. The smallest absolute Gasteiger partial charge is 0.181 e. The van der Waals surface area contributed by atoms with E-state index >= 15 is 0 Å². The molecule has 2 nitrogen and oxygen atoms in total. The lowest BCUT2D eigenvalue weighted by atomic mass is 10.1. The second-order valence-corrected chi connectivity index (χ2v) is 5.57. The Morgan fingerprint density at radius 3 is 2.33 bits per heavy atom. The summed E-state index contributed by atoms with van der Waals surface area (Å²) >= 11 is 0. The molecule has 3 rings (SSSR count). The number of hydrogen-bond acceptors (Lipinski definition) is 2. The van der Waals surface area contributed by atoms with Gasteiger partial charge in [-0.2, -0.15) is 0 Å². The Hall–Kier alpha value is -3.13. The molecule has 1 N–H and O–H groups in total. The fourth-order valence-electron chi connectivity index (χ4n) is 2.53. The predicted octanol–water partition coefficient (Wildman–Crippen LogP) is 3.22. The molecule has 0 bridgehead atoms. The van der Waals surface area contributed by atoms with Crippen LogP contribution < -0.4 is 15.8 Å². The zero-order valence-electron chi connectivity index (χ0n) is 13.4. The lowest BCUT2D eigenvalue weighted by Crippen LogP contribution is -2.22. The molecule has 2 heteroatoms. The van der Waals surface area contributed by atoms with Crippen molar-refractivity contribution in [2.24, 2.45) is 0 Å². The first-order valence-electron chi connectivity index (χ1n) is 7.91. The summed E-state index contributed by atoms with van der Waals surface area (Å²) in [6, 6.07) is 25.3. The molecule has 0 aliphatic rings. The number of para-hydroxylation sites is 1. The van der Waals surface area contributed by atoms with Crippen LogP contribution in [0.15, 0.2) is 78.9 Å². The van der Waals surface area contributed by atoms with Gasteiger partial charge in [0, 0.05) is 11.3 Å². The van der Waals surface area contributed by atoms with Gasteiger partial charge in [-0.3, -0.25) is 4.79 Å². The van der Waals surface area contributed by atoms with Crippen molar-refractivity contribution in [3.63, 3.8) is 0 Å². The average molecular weight is 313 g/mol. The van der Waals surface area contributed by atoms with Crippen molar-refractivity contribution in [1.82, 2.24) is 0 Å². The molecule has 0 aromatic heterocycles. The molecule has 0 aliphatic heterocycles. The molecule has 0 heterocycles. The minimum absolute atomic E-state index is 0.0722. The Balaban J connectivity index is 1.83. The Bertz CT molecular complexity index is 945. The molecule has 0 unspecified atom stereocenters. The Morgan fingerprint density at radius 2 is 1.54 bits per heavy atom. The van der Waals surface area contributed by atoms with Gasteiger partial charge < -0.3 is 5.32 Å². The highest BCUT2D eigenvalue weighted by Crippen LogP contribution is 2.15. The molecule has 3 aromatic rings. The molecule has 118 valence electrons. The summed E-state index contributed by atoms with van der Waals surface area (Å²) in [5, 5.41) is 5.30. The van der Waals surface area contributed by atoms with Gasteiger partial charge in [-0.05, 0) is 28.1 Å². The van der Waals surface area contributed by atoms with E-state index in [4.69, 9.17) is 0 Å². The lowest BCUT2D eigenvalue weighted by molar-refractivity contribution is 0.101. The molecular weight excluding hydrogens is 294 g/mol. The fraction of sp³-hybridized carbons (Fsp3) is 0.0455. The third-order valence-corrected chi connectivity index (χ3v) is 3.86. The first-order chi connectivity index (χ1) is 11.7. The zero-order chi connectivity index (χ0) is 16.8. The van der Waals surface area contributed by atoms with E-state index < -0.39 is 0 Å². The molecule has 0 spiro atoms. The van der Waals surface area contributed by atoms with Crippen molar-refractivity contribution >= 4 is 24.1 Å². The van der Waals surface area contributed by atoms with Gasteiger partial charge in [0.1, 0.15) is 0 Å². The van der Waals surface area contributed by atoms with Crippen LogP contribution in [0.1, 0.15) is 15.9 Å². The van der Waals surface area contributed by atoms with E-state index in [-0.39, 0.29) is 12.3 Å². The lowest BCUT2D eigenvalue weighted by Gasteiger charge is -2.09. The number of rotatable bonds is 5. The van der Waals surface area contributed by atoms with Gasteiger partial charge in [0.2, 0.25) is 0 Å². The van der Waals surface area contributed by atoms with Crippen molar-refractivity contribution in [3.8, 4) is 0 Å². The Labute approximate surface area is 141 Å². The second kappa shape index (κ2) is 7.42. The van der Waals surface area contributed by atoms with Crippen molar-refractivity contribution in [2.75, 3.05) is 11.9 Å². The largest absolute Gasteiger partial charge is 0.377 e. The molecule has 0 radical (unpaired) electrons. The van der Waals surface area contributed by atoms with E-state index in [2.05, 4.69) is 18.0 Å². The number of anilines is 1. The standard InChI is InChI=1S/C22H19NO/c1-17-9-5-6-12-19(17)15-20-13-7-8-14-21(20)23-16-22(24)18-10-3-2-4-11-18/h2-15,23H,1,16H2/b19-15-. The van der Waals surface area contributed by atoms with Crippen molar-refractivity contribution in [2.45, 2.75) is 0 Å². The van der Waals surface area contributed by atoms with Gasteiger partial charge in [-0.15, -0.1) is 0 Å². The van der Waals surface area contributed by atoms with Crippen molar-refractivity contribution in [3.05, 3.63) is 100 Å². The highest BCUT2D eigenvalue weighted by molar-refractivity contribution is 5.99. The van der Waals surface area contributed by atoms with Crippen LogP contribution in [0.5, 0.6) is 0 Å². The predicted molar refractivity (Wildman–Crippen MR) is 100 cm³/mol. The number of nitrogens with one attached hydrogen (secondary N) is 1. The van der Waals surface area contributed by atoms with Gasteiger partial charge in [0.25, 0.3) is 0 Å². The van der Waals surface area contributed by atoms with E-state index in [0.29, 0.717) is 0 Å². The normalized spacial score (nSPS) is 11.2. The van der Waals surface area contributed by atoms with Crippen LogP contribution in [0.4, 0.5) is 5.69 Å². The van der Waals surface area contributed by atoms with Crippen LogP contribution in [-0.4, -0.2) is 12.3 Å². The molecule has 0 aliphatic carbocycles. The molecule has 0 atom stereocenters. The number of carbonyl (C=O) groups is 1. The van der Waals surface area contributed by atoms with Crippen LogP contribution in [-0.2, 0) is 0 Å². The molecule has 0 amide bonds. The molecule has 0 saturated carbocycles. The summed E-state index contributed by atoms with van der Waals surface area (Å²) in [5.74, 6) is 0.0722. The number of Topliss-reactive ketones (excluding diaryl/α,β-unsaturated/α-hetero) is 1. The van der Waals surface area contributed by atoms with Crippen LogP contribution in [0.25, 0.3) is 12.7 Å². The SMILES string of the molecule is C=c1cccc/c1=C/c1ccccc1NCC(=O)c1ccccc1. The maximum atomic E-state index is 12.3. The maximum Gasteiger partial charge on any atom is 0.181 e.